The molecule has 4 heterocycles. The Bertz CT molecular complexity index is 1240. The molecule has 1 saturated carbocycles. The molecule has 12 heteroatoms. The molecule has 41 heavy (non-hydrogen) atoms. The molecule has 0 bridgehead atoms. The van der Waals surface area contributed by atoms with E-state index < -0.39 is 11.7 Å². The minimum Gasteiger partial charge on any atom is -0.379 e. The van der Waals surface area contributed by atoms with Crippen molar-refractivity contribution in [2.45, 2.75) is 56.7 Å². The lowest BCUT2D eigenvalue weighted by atomic mass is 10.1. The van der Waals surface area contributed by atoms with E-state index in [0.717, 1.165) is 44.4 Å². The lowest BCUT2D eigenvalue weighted by molar-refractivity contribution is -0.137. The summed E-state index contributed by atoms with van der Waals surface area (Å²) in [6.07, 6.45) is 1.76. The van der Waals surface area contributed by atoms with Gasteiger partial charge in [0.25, 0.3) is 0 Å². The number of nitrogens with zero attached hydrogens (tertiary/aromatic N) is 5. The number of hydrogen-bond donors (Lipinski definition) is 2. The molecule has 1 amide bonds. The maximum absolute atomic E-state index is 13.8. The number of benzene rings is 1. The van der Waals surface area contributed by atoms with E-state index in [1.165, 1.54) is 30.6 Å². The van der Waals surface area contributed by atoms with Gasteiger partial charge in [0.05, 0.1) is 19.6 Å². The van der Waals surface area contributed by atoms with Gasteiger partial charge in [-0.1, -0.05) is 0 Å². The van der Waals surface area contributed by atoms with E-state index >= 15 is 0 Å². The molecule has 1 aromatic carbocycles. The fourth-order valence-electron chi connectivity index (χ4n) is 6.16. The fourth-order valence-corrected chi connectivity index (χ4v) is 6.16. The Labute approximate surface area is 238 Å². The topological polar surface area (TPSA) is 85.9 Å². The van der Waals surface area contributed by atoms with E-state index in [0.29, 0.717) is 51.1 Å². The van der Waals surface area contributed by atoms with Crippen molar-refractivity contribution >= 4 is 29.0 Å². The highest BCUT2D eigenvalue weighted by Gasteiger charge is 2.36. The Kier molecular flexibility index (Phi) is 8.21. The lowest BCUT2D eigenvalue weighted by Crippen LogP contribution is -2.50. The maximum atomic E-state index is 13.8. The van der Waals surface area contributed by atoms with E-state index in [-0.39, 0.29) is 24.2 Å². The molecule has 1 atom stereocenters. The van der Waals surface area contributed by atoms with Crippen molar-refractivity contribution < 1.29 is 22.7 Å². The SMILES string of the molecule is O=C1CCOCCN1CCCNc1nc(Nc2ccc(N3CCN4CCC[C@@H]4C3)cc2C2CC2)ncc1C(F)(F)F. The summed E-state index contributed by atoms with van der Waals surface area (Å²) in [5.74, 6) is 0.295. The summed E-state index contributed by atoms with van der Waals surface area (Å²) in [5, 5.41) is 6.06. The highest BCUT2D eigenvalue weighted by atomic mass is 19.4. The smallest absolute Gasteiger partial charge is 0.379 e. The van der Waals surface area contributed by atoms with Crippen molar-refractivity contribution in [3.63, 3.8) is 0 Å². The second-order valence-corrected chi connectivity index (χ2v) is 11.4. The van der Waals surface area contributed by atoms with Crippen molar-refractivity contribution in [2.24, 2.45) is 0 Å². The Hall–Kier alpha value is -3.12. The van der Waals surface area contributed by atoms with Gasteiger partial charge in [-0.3, -0.25) is 9.69 Å². The second-order valence-electron chi connectivity index (χ2n) is 11.4. The number of carbonyl (C=O) groups is 1. The van der Waals surface area contributed by atoms with Gasteiger partial charge in [0.1, 0.15) is 11.4 Å². The third-order valence-electron chi connectivity index (χ3n) is 8.56. The number of amides is 1. The van der Waals surface area contributed by atoms with Crippen LogP contribution in [0.25, 0.3) is 0 Å². The number of ether oxygens (including phenoxy) is 1. The minimum absolute atomic E-state index is 0.00489. The number of alkyl halides is 3. The molecule has 4 aliphatic rings. The highest BCUT2D eigenvalue weighted by Crippen LogP contribution is 2.45. The van der Waals surface area contributed by atoms with Crippen LogP contribution in [0.4, 0.5) is 36.3 Å². The van der Waals surface area contributed by atoms with Crippen LogP contribution in [0.5, 0.6) is 0 Å². The van der Waals surface area contributed by atoms with Crippen molar-refractivity contribution in [3.05, 3.63) is 35.5 Å². The number of aromatic nitrogens is 2. The number of fused-ring (bicyclic) bond motifs is 1. The maximum Gasteiger partial charge on any atom is 0.421 e. The fraction of sp³-hybridized carbons (Fsp3) is 0.621. The van der Waals surface area contributed by atoms with Gasteiger partial charge in [-0.15, -0.1) is 0 Å². The number of anilines is 4. The first-order valence-corrected chi connectivity index (χ1v) is 14.8. The molecule has 9 nitrogen and oxygen atoms in total. The molecule has 2 aromatic rings. The number of hydrogen-bond acceptors (Lipinski definition) is 8. The molecule has 3 aliphatic heterocycles. The standard InChI is InChI=1S/C29H38F3N7O2/c30-29(31,32)24-18-34-28(36-27(24)33-9-2-11-38-14-16-41-15-8-26(38)40)35-25-7-6-21(17-23(25)20-4-5-20)39-13-12-37-10-1-3-22(37)19-39/h6-7,17-18,20,22H,1-5,8-16,19H2,(H2,33,34,35,36)/t22-/m1/s1. The van der Waals surface area contributed by atoms with E-state index in [2.05, 4.69) is 42.5 Å². The first-order valence-electron chi connectivity index (χ1n) is 14.8. The molecule has 3 saturated heterocycles. The normalized spacial score (nSPS) is 22.0. The minimum atomic E-state index is -4.59. The molecule has 0 spiro atoms. The average Bonchev–Trinajstić information content (AvgIpc) is 3.73. The Morgan fingerprint density at radius 3 is 2.78 bits per heavy atom. The van der Waals surface area contributed by atoms with Crippen molar-refractivity contribution in [3.8, 4) is 0 Å². The molecule has 4 fully saturated rings. The molecule has 222 valence electrons. The summed E-state index contributed by atoms with van der Waals surface area (Å²) < 4.78 is 46.6. The first-order chi connectivity index (χ1) is 19.8. The zero-order valence-electron chi connectivity index (χ0n) is 23.3. The summed E-state index contributed by atoms with van der Waals surface area (Å²) >= 11 is 0. The number of nitrogens with one attached hydrogen (secondary N) is 2. The zero-order valence-corrected chi connectivity index (χ0v) is 23.3. The number of halogens is 3. The Balaban J connectivity index is 1.15. The first kappa shape index (κ1) is 28.0. The largest absolute Gasteiger partial charge is 0.421 e. The summed E-state index contributed by atoms with van der Waals surface area (Å²) in [6.45, 7) is 6.37. The van der Waals surface area contributed by atoms with Crippen LogP contribution in [0.15, 0.2) is 24.4 Å². The van der Waals surface area contributed by atoms with Crippen LogP contribution in [0.2, 0.25) is 0 Å². The molecule has 6 rings (SSSR count). The second kappa shape index (κ2) is 12.0. The third kappa shape index (κ3) is 6.69. The quantitative estimate of drug-likeness (QED) is 0.426. The van der Waals surface area contributed by atoms with E-state index in [1.54, 1.807) is 4.90 Å². The van der Waals surface area contributed by atoms with Crippen molar-refractivity contribution in [2.75, 3.05) is 74.6 Å². The van der Waals surface area contributed by atoms with Gasteiger partial charge in [-0.05, 0) is 68.3 Å². The van der Waals surface area contributed by atoms with Gasteiger partial charge in [-0.2, -0.15) is 18.2 Å². The zero-order chi connectivity index (χ0) is 28.4. The number of carbonyl (C=O) groups excluding carboxylic acids is 1. The van der Waals surface area contributed by atoms with E-state index in [4.69, 9.17) is 4.74 Å². The van der Waals surface area contributed by atoms with Crippen LogP contribution >= 0.6 is 0 Å². The third-order valence-corrected chi connectivity index (χ3v) is 8.56. The van der Waals surface area contributed by atoms with Crippen LogP contribution in [0.1, 0.15) is 55.6 Å². The predicted molar refractivity (Wildman–Crippen MR) is 151 cm³/mol. The van der Waals surface area contributed by atoms with Gasteiger partial charge in [0.2, 0.25) is 11.9 Å². The molecule has 0 unspecified atom stereocenters. The van der Waals surface area contributed by atoms with Crippen molar-refractivity contribution in [1.82, 2.24) is 19.8 Å². The molecule has 0 radical (unpaired) electrons. The van der Waals surface area contributed by atoms with Crippen LogP contribution in [-0.2, 0) is 15.7 Å². The van der Waals surface area contributed by atoms with E-state index in [9.17, 15) is 18.0 Å². The Morgan fingerprint density at radius 1 is 1.07 bits per heavy atom. The van der Waals surface area contributed by atoms with Crippen LogP contribution in [0.3, 0.4) is 0 Å². The van der Waals surface area contributed by atoms with Gasteiger partial charge in [0, 0.05) is 62.9 Å². The van der Waals surface area contributed by atoms with Crippen LogP contribution in [-0.4, -0.2) is 90.7 Å². The van der Waals surface area contributed by atoms with Gasteiger partial charge >= 0.3 is 6.18 Å². The number of rotatable bonds is 9. The molecule has 2 N–H and O–H groups in total. The van der Waals surface area contributed by atoms with Gasteiger partial charge in [-0.25, -0.2) is 4.98 Å². The van der Waals surface area contributed by atoms with E-state index in [1.807, 2.05) is 6.07 Å². The summed E-state index contributed by atoms with van der Waals surface area (Å²) in [5.41, 5.74) is 2.30. The molecule has 1 aliphatic carbocycles. The van der Waals surface area contributed by atoms with Crippen LogP contribution < -0.4 is 15.5 Å². The van der Waals surface area contributed by atoms with Crippen LogP contribution in [0, 0.1) is 0 Å². The Morgan fingerprint density at radius 2 is 1.95 bits per heavy atom. The lowest BCUT2D eigenvalue weighted by Gasteiger charge is -2.39. The average molecular weight is 574 g/mol. The highest BCUT2D eigenvalue weighted by molar-refractivity contribution is 5.76. The summed E-state index contributed by atoms with van der Waals surface area (Å²) in [6, 6.07) is 6.97. The molecule has 1 aromatic heterocycles. The van der Waals surface area contributed by atoms with Gasteiger partial charge < -0.3 is 25.2 Å². The molecular weight excluding hydrogens is 535 g/mol. The summed E-state index contributed by atoms with van der Waals surface area (Å²) in [4.78, 5) is 27.2. The van der Waals surface area contributed by atoms with Crippen molar-refractivity contribution in [1.29, 1.82) is 0 Å². The molecular formula is C29H38F3N7O2. The monoisotopic (exact) mass is 573 g/mol. The number of piperazine rings is 1. The predicted octanol–water partition coefficient (Wildman–Crippen LogP) is 4.45. The van der Waals surface area contributed by atoms with Gasteiger partial charge in [0.15, 0.2) is 0 Å². The summed E-state index contributed by atoms with van der Waals surface area (Å²) in [7, 11) is 0.